The Balaban J connectivity index is 1.78. The van der Waals surface area contributed by atoms with Crippen LogP contribution in [0.25, 0.3) is 0 Å². The summed E-state index contributed by atoms with van der Waals surface area (Å²) >= 11 is 0. The molecule has 16 heavy (non-hydrogen) atoms. The molecule has 0 amide bonds. The largest absolute Gasteiger partial charge is 0.336 e. The lowest BCUT2D eigenvalue weighted by atomic mass is 10.2. The van der Waals surface area contributed by atoms with Crippen molar-refractivity contribution in [2.75, 3.05) is 6.54 Å². The molecular weight excluding hydrogens is 200 g/mol. The van der Waals surface area contributed by atoms with E-state index in [1.54, 1.807) is 6.20 Å². The summed E-state index contributed by atoms with van der Waals surface area (Å²) < 4.78 is 2.05. The highest BCUT2D eigenvalue weighted by Crippen LogP contribution is 2.06. The minimum Gasteiger partial charge on any atom is -0.336 e. The number of hydrogen-bond donors (Lipinski definition) is 1. The molecule has 0 aromatic carbocycles. The lowest BCUT2D eigenvalue weighted by Gasteiger charge is -2.13. The Morgan fingerprint density at radius 1 is 1.38 bits per heavy atom. The van der Waals surface area contributed by atoms with Gasteiger partial charge in [-0.25, -0.2) is 4.98 Å². The quantitative estimate of drug-likeness (QED) is 0.826. The molecule has 2 rings (SSSR count). The SMILES string of the molecule is CC(NCCn1ccnc1)c1ccccn1. The van der Waals surface area contributed by atoms with E-state index in [4.69, 9.17) is 0 Å². The van der Waals surface area contributed by atoms with Crippen LogP contribution in [-0.4, -0.2) is 21.1 Å². The minimum atomic E-state index is 0.282. The normalized spacial score (nSPS) is 12.6. The van der Waals surface area contributed by atoms with E-state index in [2.05, 4.69) is 26.8 Å². The maximum Gasteiger partial charge on any atom is 0.0946 e. The molecule has 0 aliphatic heterocycles. The zero-order chi connectivity index (χ0) is 11.2. The van der Waals surface area contributed by atoms with Gasteiger partial charge in [-0.3, -0.25) is 4.98 Å². The lowest BCUT2D eigenvalue weighted by Crippen LogP contribution is -2.23. The van der Waals surface area contributed by atoms with Crippen molar-refractivity contribution < 1.29 is 0 Å². The van der Waals surface area contributed by atoms with E-state index in [1.165, 1.54) is 0 Å². The number of rotatable bonds is 5. The maximum atomic E-state index is 4.31. The fourth-order valence-electron chi connectivity index (χ4n) is 1.57. The fourth-order valence-corrected chi connectivity index (χ4v) is 1.57. The zero-order valence-corrected chi connectivity index (χ0v) is 9.37. The first-order valence-corrected chi connectivity index (χ1v) is 5.46. The Hall–Kier alpha value is -1.68. The predicted octanol–water partition coefficient (Wildman–Crippen LogP) is 1.63. The molecule has 1 unspecified atom stereocenters. The Morgan fingerprint density at radius 2 is 2.31 bits per heavy atom. The van der Waals surface area contributed by atoms with Crippen LogP contribution in [0.1, 0.15) is 18.7 Å². The van der Waals surface area contributed by atoms with Gasteiger partial charge < -0.3 is 9.88 Å². The van der Waals surface area contributed by atoms with Crippen LogP contribution in [0.2, 0.25) is 0 Å². The second-order valence-corrected chi connectivity index (χ2v) is 3.73. The molecular formula is C12H16N4. The van der Waals surface area contributed by atoms with Gasteiger partial charge in [0, 0.05) is 37.7 Å². The van der Waals surface area contributed by atoms with Crippen molar-refractivity contribution in [2.24, 2.45) is 0 Å². The summed E-state index contributed by atoms with van der Waals surface area (Å²) in [7, 11) is 0. The molecule has 84 valence electrons. The molecule has 2 heterocycles. The standard InChI is InChI=1S/C12H16N4/c1-11(12-4-2-3-5-15-12)14-7-9-16-8-6-13-10-16/h2-6,8,10-11,14H,7,9H2,1H3. The van der Waals surface area contributed by atoms with Gasteiger partial charge >= 0.3 is 0 Å². The van der Waals surface area contributed by atoms with Gasteiger partial charge in [0.25, 0.3) is 0 Å². The van der Waals surface area contributed by atoms with Crippen molar-refractivity contribution in [1.82, 2.24) is 19.9 Å². The third-order valence-electron chi connectivity index (χ3n) is 2.51. The molecule has 0 spiro atoms. The topological polar surface area (TPSA) is 42.7 Å². The van der Waals surface area contributed by atoms with E-state index < -0.39 is 0 Å². The number of nitrogens with one attached hydrogen (secondary N) is 1. The molecule has 2 aromatic rings. The van der Waals surface area contributed by atoms with Crippen LogP contribution >= 0.6 is 0 Å². The molecule has 4 heteroatoms. The van der Waals surface area contributed by atoms with Crippen LogP contribution in [-0.2, 0) is 6.54 Å². The Bertz CT molecular complexity index is 396. The van der Waals surface area contributed by atoms with Gasteiger partial charge in [-0.05, 0) is 19.1 Å². The molecule has 0 fully saturated rings. The van der Waals surface area contributed by atoms with Crippen molar-refractivity contribution in [3.8, 4) is 0 Å². The highest BCUT2D eigenvalue weighted by Gasteiger charge is 2.04. The van der Waals surface area contributed by atoms with Crippen LogP contribution in [0.5, 0.6) is 0 Å². The number of imidazole rings is 1. The van der Waals surface area contributed by atoms with E-state index in [0.29, 0.717) is 0 Å². The van der Waals surface area contributed by atoms with Gasteiger partial charge in [0.05, 0.1) is 12.0 Å². The first-order chi connectivity index (χ1) is 7.86. The molecule has 0 saturated carbocycles. The summed E-state index contributed by atoms with van der Waals surface area (Å²) in [6.07, 6.45) is 7.41. The second kappa shape index (κ2) is 5.42. The number of pyridine rings is 1. The van der Waals surface area contributed by atoms with Gasteiger partial charge in [-0.2, -0.15) is 0 Å². The number of nitrogens with zero attached hydrogens (tertiary/aromatic N) is 3. The van der Waals surface area contributed by atoms with Gasteiger partial charge in [-0.15, -0.1) is 0 Å². The first kappa shape index (κ1) is 10.8. The van der Waals surface area contributed by atoms with E-state index in [9.17, 15) is 0 Å². The maximum absolute atomic E-state index is 4.31. The Kier molecular flexibility index (Phi) is 3.66. The third kappa shape index (κ3) is 2.90. The van der Waals surface area contributed by atoms with E-state index in [1.807, 2.05) is 36.9 Å². The van der Waals surface area contributed by atoms with Crippen molar-refractivity contribution in [2.45, 2.75) is 19.5 Å². The van der Waals surface area contributed by atoms with E-state index >= 15 is 0 Å². The van der Waals surface area contributed by atoms with Crippen molar-refractivity contribution >= 4 is 0 Å². The molecule has 1 N–H and O–H groups in total. The first-order valence-electron chi connectivity index (χ1n) is 5.46. The second-order valence-electron chi connectivity index (χ2n) is 3.73. The van der Waals surface area contributed by atoms with Crippen molar-refractivity contribution in [3.63, 3.8) is 0 Å². The summed E-state index contributed by atoms with van der Waals surface area (Å²) in [5, 5.41) is 3.43. The highest BCUT2D eigenvalue weighted by molar-refractivity contribution is 5.07. The van der Waals surface area contributed by atoms with E-state index in [0.717, 1.165) is 18.8 Å². The number of hydrogen-bond acceptors (Lipinski definition) is 3. The molecule has 0 aliphatic carbocycles. The molecule has 0 aliphatic rings. The van der Waals surface area contributed by atoms with Crippen LogP contribution in [0.15, 0.2) is 43.1 Å². The summed E-state index contributed by atoms with van der Waals surface area (Å²) in [5.41, 5.74) is 1.08. The molecule has 0 bridgehead atoms. The third-order valence-corrected chi connectivity index (χ3v) is 2.51. The van der Waals surface area contributed by atoms with Crippen molar-refractivity contribution in [3.05, 3.63) is 48.8 Å². The van der Waals surface area contributed by atoms with Gasteiger partial charge in [0.15, 0.2) is 0 Å². The van der Waals surface area contributed by atoms with E-state index in [-0.39, 0.29) is 6.04 Å². The van der Waals surface area contributed by atoms with Gasteiger partial charge in [0.2, 0.25) is 0 Å². The lowest BCUT2D eigenvalue weighted by molar-refractivity contribution is 0.522. The Morgan fingerprint density at radius 3 is 3.00 bits per heavy atom. The van der Waals surface area contributed by atoms with Crippen molar-refractivity contribution in [1.29, 1.82) is 0 Å². The van der Waals surface area contributed by atoms with Crippen LogP contribution in [0.4, 0.5) is 0 Å². The fraction of sp³-hybridized carbons (Fsp3) is 0.333. The summed E-state index contributed by atoms with van der Waals surface area (Å²) in [5.74, 6) is 0. The minimum absolute atomic E-state index is 0.282. The van der Waals surface area contributed by atoms with Gasteiger partial charge in [0.1, 0.15) is 0 Å². The molecule has 4 nitrogen and oxygen atoms in total. The predicted molar refractivity (Wildman–Crippen MR) is 62.9 cm³/mol. The van der Waals surface area contributed by atoms with Crippen LogP contribution < -0.4 is 5.32 Å². The van der Waals surface area contributed by atoms with Crippen LogP contribution in [0, 0.1) is 0 Å². The molecule has 2 aromatic heterocycles. The monoisotopic (exact) mass is 216 g/mol. The Labute approximate surface area is 95.4 Å². The summed E-state index contributed by atoms with van der Waals surface area (Å²) in [6.45, 7) is 3.96. The molecule has 1 atom stereocenters. The molecule has 0 saturated heterocycles. The summed E-state index contributed by atoms with van der Waals surface area (Å²) in [4.78, 5) is 8.31. The highest BCUT2D eigenvalue weighted by atomic mass is 15.0. The smallest absolute Gasteiger partial charge is 0.0946 e. The average Bonchev–Trinajstić information content (AvgIpc) is 2.83. The number of aromatic nitrogens is 3. The van der Waals surface area contributed by atoms with Crippen LogP contribution in [0.3, 0.4) is 0 Å². The summed E-state index contributed by atoms with van der Waals surface area (Å²) in [6, 6.07) is 6.26. The van der Waals surface area contributed by atoms with Gasteiger partial charge in [-0.1, -0.05) is 6.07 Å². The molecule has 0 radical (unpaired) electrons. The average molecular weight is 216 g/mol. The zero-order valence-electron chi connectivity index (χ0n) is 9.37.